The molecule has 0 saturated carbocycles. The van der Waals surface area contributed by atoms with Crippen molar-refractivity contribution >= 4 is 17.4 Å². The molecule has 0 radical (unpaired) electrons. The predicted octanol–water partition coefficient (Wildman–Crippen LogP) is 3.47. The van der Waals surface area contributed by atoms with Crippen LogP contribution in [0, 0.1) is 0 Å². The Balaban J connectivity index is 1.62. The number of ketones is 1. The molecule has 2 aliphatic rings. The number of pyridine rings is 1. The van der Waals surface area contributed by atoms with Crippen LogP contribution in [0.2, 0.25) is 0 Å². The summed E-state index contributed by atoms with van der Waals surface area (Å²) >= 11 is 0. The molecule has 1 aromatic heterocycles. The molecule has 1 atom stereocenters. The van der Waals surface area contributed by atoms with Gasteiger partial charge < -0.3 is 19.5 Å². The second-order valence-electron chi connectivity index (χ2n) is 7.55. The summed E-state index contributed by atoms with van der Waals surface area (Å²) in [5, 5.41) is 11.2. The number of fused-ring (bicyclic) bond motifs is 1. The van der Waals surface area contributed by atoms with Gasteiger partial charge in [0.15, 0.2) is 11.5 Å². The molecular weight excluding hydrogens is 408 g/mol. The fraction of sp³-hybridized carbons (Fsp3) is 0.160. The van der Waals surface area contributed by atoms with Gasteiger partial charge in [-0.3, -0.25) is 14.6 Å². The fourth-order valence-corrected chi connectivity index (χ4v) is 4.06. The van der Waals surface area contributed by atoms with Gasteiger partial charge in [0.25, 0.3) is 11.7 Å². The molecule has 7 nitrogen and oxygen atoms in total. The third-order valence-electron chi connectivity index (χ3n) is 5.57. The molecule has 1 saturated heterocycles. The summed E-state index contributed by atoms with van der Waals surface area (Å²) in [5.41, 5.74) is 1.99. The number of aliphatic hydroxyl groups excluding tert-OH is 1. The molecule has 1 fully saturated rings. The van der Waals surface area contributed by atoms with Crippen molar-refractivity contribution in [2.24, 2.45) is 0 Å². The van der Waals surface area contributed by atoms with Gasteiger partial charge in [0.1, 0.15) is 19.0 Å². The third-order valence-corrected chi connectivity index (χ3v) is 5.57. The molecule has 5 rings (SSSR count). The molecule has 2 aromatic carbocycles. The standard InChI is InChI=1S/C25H20N2O5/c28-23(18-6-7-19-20(14-18)32-13-12-31-19)21-22(17-8-10-26-11-9-17)27(25(30)24(21)29)15-16-4-2-1-3-5-16/h1-11,14,22,28H,12-13,15H2/b23-21-. The van der Waals surface area contributed by atoms with Crippen LogP contribution in [0.5, 0.6) is 11.5 Å². The second-order valence-corrected chi connectivity index (χ2v) is 7.55. The van der Waals surface area contributed by atoms with Crippen molar-refractivity contribution in [1.29, 1.82) is 0 Å². The lowest BCUT2D eigenvalue weighted by Crippen LogP contribution is -2.29. The molecule has 0 spiro atoms. The first-order valence-electron chi connectivity index (χ1n) is 10.3. The van der Waals surface area contributed by atoms with Gasteiger partial charge in [0, 0.05) is 24.5 Å². The van der Waals surface area contributed by atoms with Crippen molar-refractivity contribution in [2.45, 2.75) is 12.6 Å². The summed E-state index contributed by atoms with van der Waals surface area (Å²) in [7, 11) is 0. The number of carbonyl (C=O) groups is 2. The first kappa shape index (κ1) is 19.8. The molecule has 0 aliphatic carbocycles. The summed E-state index contributed by atoms with van der Waals surface area (Å²) in [6.45, 7) is 1.08. The van der Waals surface area contributed by atoms with Crippen LogP contribution in [-0.2, 0) is 16.1 Å². The highest BCUT2D eigenvalue weighted by atomic mass is 16.6. The number of Topliss-reactive ketones (excluding diaryl/α,β-unsaturated/α-hetero) is 1. The molecule has 7 heteroatoms. The zero-order valence-corrected chi connectivity index (χ0v) is 17.1. The number of carbonyl (C=O) groups excluding carboxylic acids is 2. The summed E-state index contributed by atoms with van der Waals surface area (Å²) in [4.78, 5) is 31.7. The Labute approximate surface area is 184 Å². The Morgan fingerprint density at radius 2 is 1.69 bits per heavy atom. The Morgan fingerprint density at radius 3 is 2.44 bits per heavy atom. The van der Waals surface area contributed by atoms with Gasteiger partial charge in [-0.05, 0) is 41.5 Å². The number of aromatic nitrogens is 1. The monoisotopic (exact) mass is 428 g/mol. The Kier molecular flexibility index (Phi) is 5.07. The van der Waals surface area contributed by atoms with Gasteiger partial charge in [-0.2, -0.15) is 0 Å². The minimum atomic E-state index is -0.744. The highest BCUT2D eigenvalue weighted by molar-refractivity contribution is 6.46. The number of benzene rings is 2. The summed E-state index contributed by atoms with van der Waals surface area (Å²) < 4.78 is 11.1. The van der Waals surface area contributed by atoms with E-state index in [-0.39, 0.29) is 17.9 Å². The molecule has 3 aromatic rings. The van der Waals surface area contributed by atoms with Crippen LogP contribution in [0.3, 0.4) is 0 Å². The van der Waals surface area contributed by atoms with Gasteiger partial charge in [0.2, 0.25) is 0 Å². The molecule has 1 N–H and O–H groups in total. The van der Waals surface area contributed by atoms with Crippen molar-refractivity contribution in [3.8, 4) is 11.5 Å². The molecular formula is C25H20N2O5. The summed E-state index contributed by atoms with van der Waals surface area (Å²) in [5.74, 6) is -0.579. The largest absolute Gasteiger partial charge is 0.507 e. The van der Waals surface area contributed by atoms with Crippen molar-refractivity contribution in [3.05, 3.63) is 95.3 Å². The van der Waals surface area contributed by atoms with E-state index in [9.17, 15) is 14.7 Å². The van der Waals surface area contributed by atoms with Crippen LogP contribution in [0.1, 0.15) is 22.7 Å². The SMILES string of the molecule is O=C1C(=O)N(Cc2ccccc2)C(c2ccncc2)/C1=C(/O)c1ccc2c(c1)OCCO2. The topological polar surface area (TPSA) is 89.0 Å². The molecule has 160 valence electrons. The van der Waals surface area contributed by atoms with Crippen LogP contribution < -0.4 is 9.47 Å². The smallest absolute Gasteiger partial charge is 0.295 e. The zero-order valence-electron chi connectivity index (χ0n) is 17.1. The summed E-state index contributed by atoms with van der Waals surface area (Å²) in [6, 6.07) is 17.1. The molecule has 1 amide bonds. The van der Waals surface area contributed by atoms with E-state index in [1.165, 1.54) is 4.90 Å². The molecule has 3 heterocycles. The number of hydrogen-bond acceptors (Lipinski definition) is 6. The number of nitrogens with zero attached hydrogens (tertiary/aromatic N) is 2. The number of amides is 1. The number of aliphatic hydroxyl groups is 1. The number of hydrogen-bond donors (Lipinski definition) is 1. The number of rotatable bonds is 4. The van der Waals surface area contributed by atoms with Crippen molar-refractivity contribution < 1.29 is 24.2 Å². The highest BCUT2D eigenvalue weighted by Gasteiger charge is 2.46. The molecule has 2 aliphatic heterocycles. The average molecular weight is 428 g/mol. The number of ether oxygens (including phenoxy) is 2. The maximum atomic E-state index is 13.1. The van der Waals surface area contributed by atoms with E-state index in [2.05, 4.69) is 4.98 Å². The second kappa shape index (κ2) is 8.19. The van der Waals surface area contributed by atoms with Gasteiger partial charge in [-0.15, -0.1) is 0 Å². The van der Waals surface area contributed by atoms with Crippen LogP contribution in [-0.4, -0.2) is 39.9 Å². The van der Waals surface area contributed by atoms with Crippen LogP contribution >= 0.6 is 0 Å². The average Bonchev–Trinajstić information content (AvgIpc) is 3.09. The van der Waals surface area contributed by atoms with Gasteiger partial charge in [-0.25, -0.2) is 0 Å². The minimum absolute atomic E-state index is 0.0359. The zero-order chi connectivity index (χ0) is 22.1. The predicted molar refractivity (Wildman–Crippen MR) is 116 cm³/mol. The Morgan fingerprint density at radius 1 is 0.969 bits per heavy atom. The first-order chi connectivity index (χ1) is 15.6. The van der Waals surface area contributed by atoms with Gasteiger partial charge in [-0.1, -0.05) is 30.3 Å². The minimum Gasteiger partial charge on any atom is -0.507 e. The number of likely N-dealkylation sites (tertiary alicyclic amines) is 1. The maximum Gasteiger partial charge on any atom is 0.295 e. The van der Waals surface area contributed by atoms with E-state index in [0.717, 1.165) is 5.56 Å². The van der Waals surface area contributed by atoms with Crippen molar-refractivity contribution in [2.75, 3.05) is 13.2 Å². The third kappa shape index (κ3) is 3.47. The van der Waals surface area contributed by atoms with Crippen LogP contribution in [0.15, 0.2) is 78.6 Å². The lowest BCUT2D eigenvalue weighted by atomic mass is 9.95. The van der Waals surface area contributed by atoms with E-state index in [1.807, 2.05) is 30.3 Å². The van der Waals surface area contributed by atoms with E-state index in [1.54, 1.807) is 42.7 Å². The first-order valence-corrected chi connectivity index (χ1v) is 10.3. The van der Waals surface area contributed by atoms with E-state index in [4.69, 9.17) is 9.47 Å². The van der Waals surface area contributed by atoms with Crippen LogP contribution in [0.25, 0.3) is 5.76 Å². The van der Waals surface area contributed by atoms with Gasteiger partial charge >= 0.3 is 0 Å². The Hall–Kier alpha value is -4.13. The fourth-order valence-electron chi connectivity index (χ4n) is 4.06. The lowest BCUT2D eigenvalue weighted by molar-refractivity contribution is -0.140. The van der Waals surface area contributed by atoms with E-state index < -0.39 is 17.7 Å². The quantitative estimate of drug-likeness (QED) is 0.389. The molecule has 0 bridgehead atoms. The van der Waals surface area contributed by atoms with Gasteiger partial charge in [0.05, 0.1) is 11.6 Å². The highest BCUT2D eigenvalue weighted by Crippen LogP contribution is 2.41. The maximum absolute atomic E-state index is 13.1. The summed E-state index contributed by atoms with van der Waals surface area (Å²) in [6.07, 6.45) is 3.20. The normalized spacial score (nSPS) is 19.2. The lowest BCUT2D eigenvalue weighted by Gasteiger charge is -2.25. The van der Waals surface area contributed by atoms with E-state index in [0.29, 0.717) is 35.8 Å². The molecule has 1 unspecified atom stereocenters. The van der Waals surface area contributed by atoms with Crippen molar-refractivity contribution in [1.82, 2.24) is 9.88 Å². The van der Waals surface area contributed by atoms with Crippen molar-refractivity contribution in [3.63, 3.8) is 0 Å². The molecule has 32 heavy (non-hydrogen) atoms. The van der Waals surface area contributed by atoms with E-state index >= 15 is 0 Å². The Bertz CT molecular complexity index is 1210. The van der Waals surface area contributed by atoms with Crippen LogP contribution in [0.4, 0.5) is 0 Å².